The second kappa shape index (κ2) is 7.31. The Balaban J connectivity index is 2.04. The van der Waals surface area contributed by atoms with Gasteiger partial charge in [-0.1, -0.05) is 76.6 Å². The minimum absolute atomic E-state index is 0.0812. The van der Waals surface area contributed by atoms with Gasteiger partial charge in [0.05, 0.1) is 0 Å². The molecule has 0 spiro atoms. The standard InChI is InChI=1S/C20H20BrNO2/c21-13-7-8-14-22-18(23)15-20(19(22)24,16-9-3-1-4-10-16)17-11-5-2-6-12-17/h1-6,9-12H,7-8,13-15H2. The third-order valence-electron chi connectivity index (χ3n) is 4.63. The number of rotatable bonds is 6. The first-order valence-corrected chi connectivity index (χ1v) is 9.34. The maximum absolute atomic E-state index is 13.3. The lowest BCUT2D eigenvalue weighted by Gasteiger charge is -2.28. The molecular formula is C20H20BrNO2. The van der Waals surface area contributed by atoms with Crippen LogP contribution >= 0.6 is 15.9 Å². The fourth-order valence-corrected chi connectivity index (χ4v) is 3.79. The van der Waals surface area contributed by atoms with E-state index >= 15 is 0 Å². The minimum atomic E-state index is -0.895. The van der Waals surface area contributed by atoms with E-state index in [0.717, 1.165) is 29.3 Å². The molecule has 0 bridgehead atoms. The number of imide groups is 1. The van der Waals surface area contributed by atoms with Gasteiger partial charge in [0.2, 0.25) is 11.8 Å². The van der Waals surface area contributed by atoms with Gasteiger partial charge in [0.15, 0.2) is 0 Å². The summed E-state index contributed by atoms with van der Waals surface area (Å²) in [6.45, 7) is 0.491. The van der Waals surface area contributed by atoms with E-state index in [9.17, 15) is 9.59 Å². The Morgan fingerprint density at radius 2 is 1.42 bits per heavy atom. The summed E-state index contributed by atoms with van der Waals surface area (Å²) in [6, 6.07) is 19.3. The summed E-state index contributed by atoms with van der Waals surface area (Å²) in [5.41, 5.74) is 0.878. The molecule has 2 aromatic rings. The molecule has 3 rings (SSSR count). The summed E-state index contributed by atoms with van der Waals surface area (Å²) in [4.78, 5) is 27.4. The molecule has 3 nitrogen and oxygen atoms in total. The van der Waals surface area contributed by atoms with Gasteiger partial charge < -0.3 is 0 Å². The smallest absolute Gasteiger partial charge is 0.244 e. The highest BCUT2D eigenvalue weighted by atomic mass is 79.9. The number of hydrogen-bond donors (Lipinski definition) is 0. The van der Waals surface area contributed by atoms with Crippen LogP contribution in [0, 0.1) is 0 Å². The molecule has 0 aliphatic carbocycles. The van der Waals surface area contributed by atoms with E-state index in [1.807, 2.05) is 60.7 Å². The lowest BCUT2D eigenvalue weighted by Crippen LogP contribution is -2.39. The van der Waals surface area contributed by atoms with Gasteiger partial charge in [-0.15, -0.1) is 0 Å². The van der Waals surface area contributed by atoms with Crippen LogP contribution in [0.5, 0.6) is 0 Å². The molecule has 1 fully saturated rings. The van der Waals surface area contributed by atoms with Gasteiger partial charge >= 0.3 is 0 Å². The zero-order valence-electron chi connectivity index (χ0n) is 13.5. The fourth-order valence-electron chi connectivity index (χ4n) is 3.40. The first kappa shape index (κ1) is 16.9. The highest BCUT2D eigenvalue weighted by Crippen LogP contribution is 2.42. The zero-order valence-corrected chi connectivity index (χ0v) is 15.0. The molecule has 124 valence electrons. The van der Waals surface area contributed by atoms with Crippen LogP contribution in [0.2, 0.25) is 0 Å². The van der Waals surface area contributed by atoms with Gasteiger partial charge in [-0.25, -0.2) is 0 Å². The highest BCUT2D eigenvalue weighted by Gasteiger charge is 2.53. The summed E-state index contributed by atoms with van der Waals surface area (Å²) < 4.78 is 0. The normalized spacial score (nSPS) is 16.6. The number of halogens is 1. The van der Waals surface area contributed by atoms with Crippen LogP contribution < -0.4 is 0 Å². The Labute approximate surface area is 150 Å². The van der Waals surface area contributed by atoms with Crippen molar-refractivity contribution in [3.63, 3.8) is 0 Å². The Hall–Kier alpha value is -1.94. The van der Waals surface area contributed by atoms with E-state index in [4.69, 9.17) is 0 Å². The fraction of sp³-hybridized carbons (Fsp3) is 0.300. The molecule has 4 heteroatoms. The van der Waals surface area contributed by atoms with Crippen molar-refractivity contribution >= 4 is 27.7 Å². The van der Waals surface area contributed by atoms with Crippen molar-refractivity contribution in [2.45, 2.75) is 24.7 Å². The van der Waals surface area contributed by atoms with Gasteiger partial charge in [-0.05, 0) is 24.0 Å². The van der Waals surface area contributed by atoms with Crippen molar-refractivity contribution in [3.8, 4) is 0 Å². The predicted octanol–water partition coefficient (Wildman–Crippen LogP) is 3.91. The largest absolute Gasteiger partial charge is 0.282 e. The van der Waals surface area contributed by atoms with Gasteiger partial charge in [0.25, 0.3) is 0 Å². The Bertz CT molecular complexity index is 675. The molecule has 2 aromatic carbocycles. The first-order chi connectivity index (χ1) is 11.7. The molecule has 2 amide bonds. The van der Waals surface area contributed by atoms with Crippen molar-refractivity contribution in [2.75, 3.05) is 11.9 Å². The van der Waals surface area contributed by atoms with E-state index < -0.39 is 5.41 Å². The average molecular weight is 386 g/mol. The third-order valence-corrected chi connectivity index (χ3v) is 5.19. The summed E-state index contributed by atoms with van der Waals surface area (Å²) in [5, 5.41) is 0.881. The van der Waals surface area contributed by atoms with Crippen LogP contribution in [0.3, 0.4) is 0 Å². The van der Waals surface area contributed by atoms with Crippen molar-refractivity contribution < 1.29 is 9.59 Å². The maximum Gasteiger partial charge on any atom is 0.244 e. The Kier molecular flexibility index (Phi) is 5.14. The molecular weight excluding hydrogens is 366 g/mol. The van der Waals surface area contributed by atoms with Crippen LogP contribution in [0.25, 0.3) is 0 Å². The molecule has 0 unspecified atom stereocenters. The van der Waals surface area contributed by atoms with Gasteiger partial charge in [0.1, 0.15) is 5.41 Å². The zero-order chi connectivity index (χ0) is 17.0. The van der Waals surface area contributed by atoms with Crippen molar-refractivity contribution in [3.05, 3.63) is 71.8 Å². The number of benzene rings is 2. The minimum Gasteiger partial charge on any atom is -0.282 e. The summed E-state index contributed by atoms with van der Waals surface area (Å²) in [5.74, 6) is -0.179. The van der Waals surface area contributed by atoms with E-state index in [2.05, 4.69) is 15.9 Å². The van der Waals surface area contributed by atoms with E-state index in [1.165, 1.54) is 4.90 Å². The lowest BCUT2D eigenvalue weighted by molar-refractivity contribution is -0.139. The molecule has 0 saturated carbocycles. The molecule has 0 radical (unpaired) electrons. The molecule has 24 heavy (non-hydrogen) atoms. The monoisotopic (exact) mass is 385 g/mol. The van der Waals surface area contributed by atoms with Crippen molar-refractivity contribution in [2.24, 2.45) is 0 Å². The Morgan fingerprint density at radius 3 is 1.92 bits per heavy atom. The predicted molar refractivity (Wildman–Crippen MR) is 98.0 cm³/mol. The maximum atomic E-state index is 13.3. The molecule has 1 saturated heterocycles. The lowest BCUT2D eigenvalue weighted by atomic mass is 9.73. The third kappa shape index (κ3) is 2.91. The van der Waals surface area contributed by atoms with Gasteiger partial charge in [-0.3, -0.25) is 14.5 Å². The second-order valence-electron chi connectivity index (χ2n) is 6.06. The number of likely N-dealkylation sites (tertiary alicyclic amines) is 1. The number of carbonyl (C=O) groups excluding carboxylic acids is 2. The van der Waals surface area contributed by atoms with E-state index in [-0.39, 0.29) is 18.2 Å². The molecule has 0 N–H and O–H groups in total. The van der Waals surface area contributed by atoms with Gasteiger partial charge in [0, 0.05) is 18.3 Å². The van der Waals surface area contributed by atoms with Crippen LogP contribution in [-0.2, 0) is 15.0 Å². The molecule has 1 aliphatic heterocycles. The summed E-state index contributed by atoms with van der Waals surface area (Å²) >= 11 is 3.40. The average Bonchev–Trinajstić information content (AvgIpc) is 2.89. The number of amides is 2. The number of alkyl halides is 1. The van der Waals surface area contributed by atoms with Crippen LogP contribution in [-0.4, -0.2) is 28.6 Å². The van der Waals surface area contributed by atoms with Crippen LogP contribution in [0.1, 0.15) is 30.4 Å². The Morgan fingerprint density at radius 1 is 0.875 bits per heavy atom. The number of carbonyl (C=O) groups is 2. The van der Waals surface area contributed by atoms with E-state index in [0.29, 0.717) is 6.54 Å². The van der Waals surface area contributed by atoms with Crippen LogP contribution in [0.15, 0.2) is 60.7 Å². The topological polar surface area (TPSA) is 37.4 Å². The summed E-state index contributed by atoms with van der Waals surface area (Å²) in [6.07, 6.45) is 1.97. The summed E-state index contributed by atoms with van der Waals surface area (Å²) in [7, 11) is 0. The quantitative estimate of drug-likeness (QED) is 0.429. The van der Waals surface area contributed by atoms with Crippen LogP contribution in [0.4, 0.5) is 0 Å². The van der Waals surface area contributed by atoms with Crippen molar-refractivity contribution in [1.82, 2.24) is 4.90 Å². The second-order valence-corrected chi connectivity index (χ2v) is 6.85. The first-order valence-electron chi connectivity index (χ1n) is 8.22. The number of unbranched alkanes of at least 4 members (excludes halogenated alkanes) is 1. The number of hydrogen-bond acceptors (Lipinski definition) is 2. The van der Waals surface area contributed by atoms with Crippen molar-refractivity contribution in [1.29, 1.82) is 0 Å². The SMILES string of the molecule is O=C1CC(c2ccccc2)(c2ccccc2)C(=O)N1CCCCBr. The van der Waals surface area contributed by atoms with Gasteiger partial charge in [-0.2, -0.15) is 0 Å². The molecule has 1 heterocycles. The molecule has 0 atom stereocenters. The molecule has 1 aliphatic rings. The highest BCUT2D eigenvalue weighted by molar-refractivity contribution is 9.09. The van der Waals surface area contributed by atoms with E-state index in [1.54, 1.807) is 0 Å². The molecule has 0 aromatic heterocycles. The number of nitrogens with zero attached hydrogens (tertiary/aromatic N) is 1.